The van der Waals surface area contributed by atoms with Gasteiger partial charge in [-0.2, -0.15) is 0 Å². The molecule has 0 N–H and O–H groups in total. The summed E-state index contributed by atoms with van der Waals surface area (Å²) in [5.41, 5.74) is 0.835. The number of amides is 1. The molecule has 0 aliphatic carbocycles. The quantitative estimate of drug-likeness (QED) is 0.639. The van der Waals surface area contributed by atoms with E-state index in [-0.39, 0.29) is 6.09 Å². The van der Waals surface area contributed by atoms with E-state index >= 15 is 0 Å². The number of nitrogens with zero attached hydrogens (tertiary/aromatic N) is 3. The normalized spacial score (nSPS) is 17.5. The Bertz CT molecular complexity index is 925. The number of carbonyl (C=O) groups is 1. The Labute approximate surface area is 159 Å². The zero-order valence-electron chi connectivity index (χ0n) is 15.9. The summed E-state index contributed by atoms with van der Waals surface area (Å²) in [5, 5.41) is 0. The third-order valence-corrected chi connectivity index (χ3v) is 5.08. The van der Waals surface area contributed by atoms with Gasteiger partial charge in [-0.1, -0.05) is 18.7 Å². The predicted molar refractivity (Wildman–Crippen MR) is 101 cm³/mol. The van der Waals surface area contributed by atoms with Crippen LogP contribution in [0.4, 0.5) is 10.6 Å². The summed E-state index contributed by atoms with van der Waals surface area (Å²) in [6, 6.07) is 11.6. The zero-order chi connectivity index (χ0) is 19.2. The molecule has 1 aromatic heterocycles. The Hall–Kier alpha value is -2.94. The number of carbonyl (C=O) groups excluding carboxylic acids is 1. The number of likely N-dealkylation sites (tertiary alicyclic amines) is 1. The van der Waals surface area contributed by atoms with Crippen molar-refractivity contribution in [2.24, 2.45) is 0 Å². The molecule has 3 heterocycles. The van der Waals surface area contributed by atoms with E-state index in [1.807, 2.05) is 61.7 Å². The lowest BCUT2D eigenvalue weighted by Crippen LogP contribution is -2.50. The molecule has 1 amide bonds. The van der Waals surface area contributed by atoms with Crippen LogP contribution in [0.3, 0.4) is 0 Å². The first-order valence-corrected chi connectivity index (χ1v) is 9.19. The van der Waals surface area contributed by atoms with Crippen LogP contribution in [0, 0.1) is 6.57 Å². The minimum Gasteiger partial charge on any atom is -0.474 e. The number of hydrogen-bond donors (Lipinski definition) is 0. The highest BCUT2D eigenvalue weighted by Crippen LogP contribution is 2.47. The lowest BCUT2D eigenvalue weighted by Gasteiger charge is -2.43. The van der Waals surface area contributed by atoms with E-state index in [1.165, 1.54) is 0 Å². The van der Waals surface area contributed by atoms with Gasteiger partial charge in [-0.25, -0.2) is 4.79 Å². The van der Waals surface area contributed by atoms with Gasteiger partial charge in [0.1, 0.15) is 11.3 Å². The molecule has 0 unspecified atom stereocenters. The lowest BCUT2D eigenvalue weighted by molar-refractivity contribution is -0.0267. The summed E-state index contributed by atoms with van der Waals surface area (Å²) >= 11 is 0. The summed E-state index contributed by atoms with van der Waals surface area (Å²) in [6.45, 7) is 14.2. The molecule has 4 rings (SSSR count). The molecule has 6 nitrogen and oxygen atoms in total. The highest BCUT2D eigenvalue weighted by Gasteiger charge is 2.47. The minimum atomic E-state index is -0.532. The summed E-state index contributed by atoms with van der Waals surface area (Å²) in [5.74, 6) is 1.35. The van der Waals surface area contributed by atoms with Crippen LogP contribution >= 0.6 is 0 Å². The number of rotatable bonds is 0. The smallest absolute Gasteiger partial charge is 0.410 e. The number of ether oxygens (including phenoxy) is 2. The van der Waals surface area contributed by atoms with Crippen molar-refractivity contribution in [1.29, 1.82) is 0 Å². The maximum atomic E-state index is 12.4. The molecule has 2 aliphatic rings. The zero-order valence-corrected chi connectivity index (χ0v) is 15.9. The number of benzene rings is 1. The van der Waals surface area contributed by atoms with Gasteiger partial charge in [0.05, 0.1) is 0 Å². The Balaban J connectivity index is 1.64. The van der Waals surface area contributed by atoms with E-state index in [9.17, 15) is 4.79 Å². The average Bonchev–Trinajstić information content (AvgIpc) is 3.06. The third kappa shape index (κ3) is 2.93. The molecular weight excluding hydrogens is 342 g/mol. The fourth-order valence-electron chi connectivity index (χ4n) is 3.85. The molecule has 2 aromatic rings. The molecule has 1 aromatic carbocycles. The van der Waals surface area contributed by atoms with Gasteiger partial charge in [0.15, 0.2) is 17.0 Å². The van der Waals surface area contributed by atoms with Crippen molar-refractivity contribution in [2.45, 2.75) is 44.8 Å². The van der Waals surface area contributed by atoms with Gasteiger partial charge in [-0.15, -0.1) is 0 Å². The molecule has 1 fully saturated rings. The molecule has 1 saturated heterocycles. The molecule has 1 spiro atoms. The van der Waals surface area contributed by atoms with Gasteiger partial charge in [-0.3, -0.25) is 4.57 Å². The minimum absolute atomic E-state index is 0.286. The van der Waals surface area contributed by atoms with Crippen LogP contribution in [0.2, 0.25) is 0 Å². The van der Waals surface area contributed by atoms with Gasteiger partial charge >= 0.3 is 6.09 Å². The summed E-state index contributed by atoms with van der Waals surface area (Å²) in [4.78, 5) is 17.8. The average molecular weight is 365 g/mol. The molecule has 0 atom stereocenters. The SMILES string of the molecule is [C-]#[N+]c1ccc2n1-c1ccccc1OC21CCN(C(=O)OC(C)(C)C)CC1. The Morgan fingerprint density at radius 1 is 1.19 bits per heavy atom. The fraction of sp³-hybridized carbons (Fsp3) is 0.429. The van der Waals surface area contributed by atoms with Gasteiger partial charge in [0.2, 0.25) is 5.82 Å². The summed E-state index contributed by atoms with van der Waals surface area (Å²) < 4.78 is 14.0. The van der Waals surface area contributed by atoms with Crippen molar-refractivity contribution in [2.75, 3.05) is 13.1 Å². The van der Waals surface area contributed by atoms with E-state index in [0.29, 0.717) is 31.7 Å². The van der Waals surface area contributed by atoms with Crippen LogP contribution in [-0.4, -0.2) is 34.3 Å². The van der Waals surface area contributed by atoms with E-state index in [2.05, 4.69) is 4.85 Å². The monoisotopic (exact) mass is 365 g/mol. The van der Waals surface area contributed by atoms with Crippen LogP contribution in [0.15, 0.2) is 36.4 Å². The van der Waals surface area contributed by atoms with E-state index in [0.717, 1.165) is 17.1 Å². The Morgan fingerprint density at radius 3 is 2.56 bits per heavy atom. The van der Waals surface area contributed by atoms with Crippen molar-refractivity contribution in [3.63, 3.8) is 0 Å². The van der Waals surface area contributed by atoms with Gasteiger partial charge < -0.3 is 19.2 Å². The Kier molecular flexibility index (Phi) is 3.92. The number of hydrogen-bond acceptors (Lipinski definition) is 3. The maximum absolute atomic E-state index is 12.4. The highest BCUT2D eigenvalue weighted by atomic mass is 16.6. The summed E-state index contributed by atoms with van der Waals surface area (Å²) in [7, 11) is 0. The second-order valence-electron chi connectivity index (χ2n) is 8.06. The van der Waals surface area contributed by atoms with Crippen LogP contribution < -0.4 is 4.74 Å². The van der Waals surface area contributed by atoms with E-state index < -0.39 is 11.2 Å². The number of piperidine rings is 1. The standard InChI is InChI=1S/C21H23N3O3/c1-20(2,3)27-19(25)23-13-11-21(12-14-23)17-9-10-18(22-4)24(17)15-7-5-6-8-16(15)26-21/h5-10H,11-14H2,1-3H3. The third-order valence-electron chi connectivity index (χ3n) is 5.08. The topological polar surface area (TPSA) is 48.1 Å². The van der Waals surface area contributed by atoms with Crippen LogP contribution in [0.5, 0.6) is 5.75 Å². The molecule has 0 bridgehead atoms. The molecule has 2 aliphatic heterocycles. The molecule has 27 heavy (non-hydrogen) atoms. The largest absolute Gasteiger partial charge is 0.474 e. The van der Waals surface area contributed by atoms with Crippen molar-refractivity contribution in [3.8, 4) is 11.4 Å². The Morgan fingerprint density at radius 2 is 1.89 bits per heavy atom. The maximum Gasteiger partial charge on any atom is 0.410 e. The number of para-hydroxylation sites is 2. The molecular formula is C21H23N3O3. The molecule has 0 radical (unpaired) electrons. The van der Waals surface area contributed by atoms with Crippen LogP contribution in [0.25, 0.3) is 10.5 Å². The first-order valence-electron chi connectivity index (χ1n) is 9.19. The summed E-state index contributed by atoms with van der Waals surface area (Å²) in [6.07, 6.45) is 1.02. The van der Waals surface area contributed by atoms with Crippen molar-refractivity contribution in [3.05, 3.63) is 53.5 Å². The first-order chi connectivity index (χ1) is 12.8. The van der Waals surface area contributed by atoms with Crippen molar-refractivity contribution < 1.29 is 14.3 Å². The van der Waals surface area contributed by atoms with Crippen molar-refractivity contribution in [1.82, 2.24) is 9.47 Å². The van der Waals surface area contributed by atoms with Gasteiger partial charge in [0, 0.05) is 25.9 Å². The first kappa shape index (κ1) is 17.5. The van der Waals surface area contributed by atoms with Crippen LogP contribution in [-0.2, 0) is 10.3 Å². The van der Waals surface area contributed by atoms with E-state index in [4.69, 9.17) is 16.0 Å². The van der Waals surface area contributed by atoms with Gasteiger partial charge in [-0.05, 0) is 45.0 Å². The second kappa shape index (κ2) is 6.05. The van der Waals surface area contributed by atoms with Gasteiger partial charge in [0.25, 0.3) is 0 Å². The molecule has 0 saturated carbocycles. The van der Waals surface area contributed by atoms with Crippen LogP contribution in [0.1, 0.15) is 39.3 Å². The van der Waals surface area contributed by atoms with Crippen molar-refractivity contribution >= 4 is 11.9 Å². The lowest BCUT2D eigenvalue weighted by atomic mass is 9.86. The fourth-order valence-corrected chi connectivity index (χ4v) is 3.85. The second-order valence-corrected chi connectivity index (χ2v) is 8.06. The van der Waals surface area contributed by atoms with E-state index in [1.54, 1.807) is 4.90 Å². The highest BCUT2D eigenvalue weighted by molar-refractivity contribution is 5.68. The number of aromatic nitrogens is 1. The number of fused-ring (bicyclic) bond motifs is 4. The molecule has 6 heteroatoms. The predicted octanol–water partition coefficient (Wildman–Crippen LogP) is 4.65. The molecule has 140 valence electrons.